The van der Waals surface area contributed by atoms with Gasteiger partial charge in [0.2, 0.25) is 5.95 Å². The Kier molecular flexibility index (Phi) is 4.02. The van der Waals surface area contributed by atoms with E-state index in [0.717, 1.165) is 22.9 Å². The fourth-order valence-electron chi connectivity index (χ4n) is 2.93. The van der Waals surface area contributed by atoms with Gasteiger partial charge >= 0.3 is 0 Å². The third kappa shape index (κ3) is 2.98. The van der Waals surface area contributed by atoms with Crippen LogP contribution in [0.3, 0.4) is 0 Å². The van der Waals surface area contributed by atoms with Gasteiger partial charge in [-0.05, 0) is 60.3 Å². The maximum Gasteiger partial charge on any atom is 0.207 e. The molecule has 21 heavy (non-hydrogen) atoms. The summed E-state index contributed by atoms with van der Waals surface area (Å²) >= 11 is 3.23. The van der Waals surface area contributed by atoms with E-state index in [-0.39, 0.29) is 5.82 Å². The van der Waals surface area contributed by atoms with Crippen LogP contribution in [0.5, 0.6) is 0 Å². The largest absolute Gasteiger partial charge is 0.353 e. The molecule has 0 spiro atoms. The number of aromatic nitrogens is 2. The van der Waals surface area contributed by atoms with E-state index in [4.69, 9.17) is 0 Å². The molecule has 0 atom stereocenters. The van der Waals surface area contributed by atoms with Crippen LogP contribution in [0.25, 0.3) is 5.69 Å². The number of benzene rings is 1. The van der Waals surface area contributed by atoms with Crippen molar-refractivity contribution in [3.63, 3.8) is 0 Å². The zero-order chi connectivity index (χ0) is 15.0. The summed E-state index contributed by atoms with van der Waals surface area (Å²) in [5, 5.41) is 3.51. The number of nitrogens with one attached hydrogen (secondary N) is 1. The van der Waals surface area contributed by atoms with Gasteiger partial charge in [-0.1, -0.05) is 12.8 Å². The number of hydrogen-bond donors (Lipinski definition) is 1. The van der Waals surface area contributed by atoms with Crippen LogP contribution in [0.2, 0.25) is 0 Å². The van der Waals surface area contributed by atoms with Gasteiger partial charge in [0.15, 0.2) is 0 Å². The molecule has 1 saturated carbocycles. The number of halogens is 2. The molecular formula is C16H19BrFN3. The summed E-state index contributed by atoms with van der Waals surface area (Å²) in [5.74, 6) is 0.554. The quantitative estimate of drug-likeness (QED) is 0.864. The first kappa shape index (κ1) is 14.6. The third-order valence-electron chi connectivity index (χ3n) is 4.01. The topological polar surface area (TPSA) is 29.9 Å². The van der Waals surface area contributed by atoms with E-state index < -0.39 is 0 Å². The Balaban J connectivity index is 2.00. The van der Waals surface area contributed by atoms with Gasteiger partial charge in [-0.25, -0.2) is 9.37 Å². The Morgan fingerprint density at radius 3 is 2.71 bits per heavy atom. The summed E-state index contributed by atoms with van der Waals surface area (Å²) in [6.07, 6.45) is 6.85. The molecule has 0 unspecified atom stereocenters. The van der Waals surface area contributed by atoms with Crippen LogP contribution in [-0.4, -0.2) is 15.6 Å². The Morgan fingerprint density at radius 2 is 2.00 bits per heavy atom. The summed E-state index contributed by atoms with van der Waals surface area (Å²) in [6.45, 7) is 3.94. The predicted molar refractivity (Wildman–Crippen MR) is 86.6 cm³/mol. The molecule has 0 radical (unpaired) electrons. The molecule has 3 rings (SSSR count). The second kappa shape index (κ2) is 5.79. The second-order valence-electron chi connectivity index (χ2n) is 5.75. The average molecular weight is 352 g/mol. The van der Waals surface area contributed by atoms with Gasteiger partial charge in [0.25, 0.3) is 0 Å². The highest BCUT2D eigenvalue weighted by Crippen LogP contribution is 2.28. The van der Waals surface area contributed by atoms with E-state index in [0.29, 0.717) is 10.5 Å². The molecule has 1 aliphatic rings. The van der Waals surface area contributed by atoms with E-state index in [9.17, 15) is 4.39 Å². The molecule has 5 heteroatoms. The fourth-order valence-corrected chi connectivity index (χ4v) is 3.39. The van der Waals surface area contributed by atoms with Crippen LogP contribution in [0.4, 0.5) is 10.3 Å². The highest BCUT2D eigenvalue weighted by atomic mass is 79.9. The van der Waals surface area contributed by atoms with Crippen molar-refractivity contribution in [2.24, 2.45) is 0 Å². The number of rotatable bonds is 3. The molecule has 0 amide bonds. The number of imidazole rings is 1. The smallest absolute Gasteiger partial charge is 0.207 e. The van der Waals surface area contributed by atoms with Gasteiger partial charge in [0, 0.05) is 12.2 Å². The lowest BCUT2D eigenvalue weighted by Gasteiger charge is -2.16. The molecule has 1 aromatic carbocycles. The molecule has 3 nitrogen and oxygen atoms in total. The van der Waals surface area contributed by atoms with Crippen LogP contribution >= 0.6 is 15.9 Å². The standard InChI is InChI=1S/C16H19BrFN3/c1-10-7-13(17)14(18)8-15(10)21-9-11(2)19-16(21)20-12-5-3-4-6-12/h7-9,12H,3-6H2,1-2H3,(H,19,20). The highest BCUT2D eigenvalue weighted by Gasteiger charge is 2.18. The molecule has 0 saturated heterocycles. The second-order valence-corrected chi connectivity index (χ2v) is 6.61. The van der Waals surface area contributed by atoms with Gasteiger partial charge in [0.05, 0.1) is 15.9 Å². The van der Waals surface area contributed by atoms with Crippen molar-refractivity contribution in [2.45, 2.75) is 45.6 Å². The minimum absolute atomic E-state index is 0.256. The highest BCUT2D eigenvalue weighted by molar-refractivity contribution is 9.10. The zero-order valence-electron chi connectivity index (χ0n) is 12.3. The maximum atomic E-state index is 13.9. The van der Waals surface area contributed by atoms with E-state index in [1.807, 2.05) is 24.6 Å². The summed E-state index contributed by atoms with van der Waals surface area (Å²) in [6, 6.07) is 3.84. The van der Waals surface area contributed by atoms with Gasteiger partial charge in [-0.3, -0.25) is 4.57 Å². The molecule has 1 aromatic heterocycles. The molecule has 0 bridgehead atoms. The van der Waals surface area contributed by atoms with Gasteiger partial charge in [-0.2, -0.15) is 0 Å². The minimum atomic E-state index is -0.256. The maximum absolute atomic E-state index is 13.9. The average Bonchev–Trinajstić information content (AvgIpc) is 3.04. The molecule has 1 heterocycles. The van der Waals surface area contributed by atoms with E-state index in [1.165, 1.54) is 25.7 Å². The fraction of sp³-hybridized carbons (Fsp3) is 0.438. The molecule has 2 aromatic rings. The van der Waals surface area contributed by atoms with E-state index in [1.54, 1.807) is 12.1 Å². The lowest BCUT2D eigenvalue weighted by Crippen LogP contribution is -2.18. The van der Waals surface area contributed by atoms with Crippen molar-refractivity contribution in [3.05, 3.63) is 39.9 Å². The zero-order valence-corrected chi connectivity index (χ0v) is 13.9. The van der Waals surface area contributed by atoms with Crippen LogP contribution < -0.4 is 5.32 Å². The Hall–Kier alpha value is -1.36. The predicted octanol–water partition coefficient (Wildman–Crippen LogP) is 4.75. The summed E-state index contributed by atoms with van der Waals surface area (Å²) < 4.78 is 16.3. The lowest BCUT2D eigenvalue weighted by molar-refractivity contribution is 0.619. The van der Waals surface area contributed by atoms with Crippen molar-refractivity contribution in [3.8, 4) is 5.69 Å². The van der Waals surface area contributed by atoms with Gasteiger partial charge < -0.3 is 5.32 Å². The van der Waals surface area contributed by atoms with Crippen molar-refractivity contribution in [1.29, 1.82) is 0 Å². The Morgan fingerprint density at radius 1 is 1.29 bits per heavy atom. The summed E-state index contributed by atoms with van der Waals surface area (Å²) in [5.41, 5.74) is 2.77. The Bertz CT molecular complexity index is 660. The normalized spacial score (nSPS) is 15.6. The first-order valence-electron chi connectivity index (χ1n) is 7.33. The van der Waals surface area contributed by atoms with Gasteiger partial charge in [-0.15, -0.1) is 0 Å². The molecule has 1 aliphatic carbocycles. The molecular weight excluding hydrogens is 333 g/mol. The summed E-state index contributed by atoms with van der Waals surface area (Å²) in [7, 11) is 0. The number of anilines is 1. The van der Waals surface area contributed by atoms with Crippen molar-refractivity contribution < 1.29 is 4.39 Å². The minimum Gasteiger partial charge on any atom is -0.353 e. The Labute approximate surface area is 132 Å². The van der Waals surface area contributed by atoms with Crippen LogP contribution in [0.1, 0.15) is 36.9 Å². The monoisotopic (exact) mass is 351 g/mol. The first-order valence-corrected chi connectivity index (χ1v) is 8.12. The molecule has 1 N–H and O–H groups in total. The van der Waals surface area contributed by atoms with Crippen molar-refractivity contribution in [1.82, 2.24) is 9.55 Å². The third-order valence-corrected chi connectivity index (χ3v) is 4.62. The van der Waals surface area contributed by atoms with Gasteiger partial charge in [0.1, 0.15) is 5.82 Å². The molecule has 1 fully saturated rings. The van der Waals surface area contributed by atoms with E-state index in [2.05, 4.69) is 26.2 Å². The van der Waals surface area contributed by atoms with Crippen molar-refractivity contribution >= 4 is 21.9 Å². The SMILES string of the molecule is Cc1cn(-c2cc(F)c(Br)cc2C)c(NC2CCCC2)n1. The number of nitrogens with zero attached hydrogens (tertiary/aromatic N) is 2. The van der Waals surface area contributed by atoms with Crippen molar-refractivity contribution in [2.75, 3.05) is 5.32 Å². The molecule has 112 valence electrons. The molecule has 0 aliphatic heterocycles. The lowest BCUT2D eigenvalue weighted by atomic mass is 10.2. The summed E-state index contributed by atoms with van der Waals surface area (Å²) in [4.78, 5) is 4.56. The van der Waals surface area contributed by atoms with Crippen LogP contribution in [0, 0.1) is 19.7 Å². The van der Waals surface area contributed by atoms with Crippen LogP contribution in [-0.2, 0) is 0 Å². The van der Waals surface area contributed by atoms with Crippen LogP contribution in [0.15, 0.2) is 22.8 Å². The number of hydrogen-bond acceptors (Lipinski definition) is 2. The van der Waals surface area contributed by atoms with E-state index >= 15 is 0 Å². The number of aryl methyl sites for hydroxylation is 2. The first-order chi connectivity index (χ1) is 10.0.